The zero-order chi connectivity index (χ0) is 16.6. The van der Waals surface area contributed by atoms with E-state index in [0.717, 1.165) is 9.65 Å². The van der Waals surface area contributed by atoms with Gasteiger partial charge >= 0.3 is 0 Å². The van der Waals surface area contributed by atoms with Gasteiger partial charge in [-0.3, -0.25) is 0 Å². The normalized spacial score (nSPS) is 11.6. The summed E-state index contributed by atoms with van der Waals surface area (Å²) in [6.07, 6.45) is 0. The molecule has 0 spiro atoms. The van der Waals surface area contributed by atoms with Gasteiger partial charge in [0, 0.05) is 5.56 Å². The number of aryl methyl sites for hydroxylation is 1. The van der Waals surface area contributed by atoms with Crippen molar-refractivity contribution in [3.8, 4) is 11.4 Å². The fourth-order valence-electron chi connectivity index (χ4n) is 2.05. The van der Waals surface area contributed by atoms with E-state index in [1.54, 1.807) is 36.4 Å². The average Bonchev–Trinajstić information content (AvgIpc) is 2.90. The smallest absolute Gasteiger partial charge is 0.286 e. The Kier molecular flexibility index (Phi) is 3.83. The summed E-state index contributed by atoms with van der Waals surface area (Å²) in [6, 6.07) is 13.3. The molecular weight excluding hydrogens is 336 g/mol. The Morgan fingerprint density at radius 1 is 1.09 bits per heavy atom. The highest BCUT2D eigenvalue weighted by atomic mass is 35.5. The van der Waals surface area contributed by atoms with Crippen LogP contribution in [0, 0.1) is 6.92 Å². The van der Waals surface area contributed by atoms with Crippen molar-refractivity contribution in [2.24, 2.45) is 0 Å². The molecule has 0 unspecified atom stereocenters. The number of anilines is 1. The number of rotatable bonds is 3. The maximum atomic E-state index is 12.6. The number of halogens is 1. The molecule has 0 atom stereocenters. The van der Waals surface area contributed by atoms with Gasteiger partial charge in [0.25, 0.3) is 10.0 Å². The van der Waals surface area contributed by atoms with E-state index < -0.39 is 10.0 Å². The molecule has 23 heavy (non-hydrogen) atoms. The Hall–Kier alpha value is -2.38. The maximum absolute atomic E-state index is 12.6. The highest BCUT2D eigenvalue weighted by Crippen LogP contribution is 2.26. The van der Waals surface area contributed by atoms with Crippen molar-refractivity contribution in [2.45, 2.75) is 11.8 Å². The molecule has 0 saturated heterocycles. The lowest BCUT2D eigenvalue weighted by atomic mass is 10.2. The van der Waals surface area contributed by atoms with Crippen LogP contribution in [0.4, 0.5) is 5.95 Å². The van der Waals surface area contributed by atoms with Crippen LogP contribution >= 0.6 is 11.6 Å². The minimum Gasteiger partial charge on any atom is -0.367 e. The standard InChI is InChI=1S/C15H13ClN4O2S/c1-10-6-8-11(9-7-10)23(21,22)20-15(17)18-14(19-20)12-4-2-3-5-13(12)16/h2-9H,1H3,(H2,17,18,19). The fourth-order valence-corrected chi connectivity index (χ4v) is 3.43. The number of hydrogen-bond acceptors (Lipinski definition) is 5. The van der Waals surface area contributed by atoms with Gasteiger partial charge in [0.2, 0.25) is 5.95 Å². The molecular formula is C15H13ClN4O2S. The molecule has 0 aliphatic carbocycles. The first-order chi connectivity index (χ1) is 10.9. The number of aromatic nitrogens is 3. The minimum atomic E-state index is -3.91. The monoisotopic (exact) mass is 348 g/mol. The zero-order valence-corrected chi connectivity index (χ0v) is 13.7. The van der Waals surface area contributed by atoms with Crippen LogP contribution in [0.1, 0.15) is 5.56 Å². The second kappa shape index (κ2) is 5.68. The summed E-state index contributed by atoms with van der Waals surface area (Å²) in [6.45, 7) is 1.87. The third-order valence-corrected chi connectivity index (χ3v) is 5.18. The molecule has 0 aliphatic rings. The predicted molar refractivity (Wildman–Crippen MR) is 88.6 cm³/mol. The summed E-state index contributed by atoms with van der Waals surface area (Å²) >= 11 is 6.09. The van der Waals surface area contributed by atoms with E-state index in [1.165, 1.54) is 12.1 Å². The number of nitrogens with zero attached hydrogens (tertiary/aromatic N) is 3. The van der Waals surface area contributed by atoms with Crippen LogP contribution < -0.4 is 5.73 Å². The molecule has 8 heteroatoms. The summed E-state index contributed by atoms with van der Waals surface area (Å²) < 4.78 is 26.0. The molecule has 0 saturated carbocycles. The highest BCUT2D eigenvalue weighted by Gasteiger charge is 2.23. The first-order valence-electron chi connectivity index (χ1n) is 6.69. The van der Waals surface area contributed by atoms with Crippen LogP contribution in [-0.4, -0.2) is 22.6 Å². The van der Waals surface area contributed by atoms with Gasteiger partial charge in [-0.15, -0.1) is 9.19 Å². The van der Waals surface area contributed by atoms with Gasteiger partial charge in [-0.2, -0.15) is 13.4 Å². The highest BCUT2D eigenvalue weighted by molar-refractivity contribution is 7.90. The van der Waals surface area contributed by atoms with Crippen molar-refractivity contribution >= 4 is 27.6 Å². The number of benzene rings is 2. The zero-order valence-electron chi connectivity index (χ0n) is 12.1. The molecule has 0 bridgehead atoms. The summed E-state index contributed by atoms with van der Waals surface area (Å²) in [4.78, 5) is 4.11. The van der Waals surface area contributed by atoms with Gasteiger partial charge in [0.05, 0.1) is 9.92 Å². The Labute approximate surface area is 138 Å². The summed E-state index contributed by atoms with van der Waals surface area (Å²) in [5.74, 6) is -0.0655. The SMILES string of the molecule is Cc1ccc(S(=O)(=O)n2nc(-c3ccccc3Cl)nc2N)cc1. The minimum absolute atomic E-state index is 0.0883. The van der Waals surface area contributed by atoms with E-state index in [4.69, 9.17) is 17.3 Å². The molecule has 3 aromatic rings. The van der Waals surface area contributed by atoms with Crippen molar-refractivity contribution in [3.05, 3.63) is 59.1 Å². The number of nitrogens with two attached hydrogens (primary N) is 1. The Bertz CT molecular complexity index is 965. The van der Waals surface area contributed by atoms with Crippen molar-refractivity contribution in [1.29, 1.82) is 0 Å². The summed E-state index contributed by atoms with van der Waals surface area (Å²) in [7, 11) is -3.91. The topological polar surface area (TPSA) is 90.9 Å². The first kappa shape index (κ1) is 15.5. The molecule has 0 aliphatic heterocycles. The third kappa shape index (κ3) is 2.80. The van der Waals surface area contributed by atoms with E-state index >= 15 is 0 Å². The van der Waals surface area contributed by atoms with E-state index in [1.807, 2.05) is 6.92 Å². The molecule has 0 radical (unpaired) electrons. The first-order valence-corrected chi connectivity index (χ1v) is 8.51. The van der Waals surface area contributed by atoms with Gasteiger partial charge in [0.1, 0.15) is 0 Å². The van der Waals surface area contributed by atoms with Gasteiger partial charge < -0.3 is 5.73 Å². The molecule has 0 fully saturated rings. The van der Waals surface area contributed by atoms with Crippen LogP contribution in [0.15, 0.2) is 53.4 Å². The lowest BCUT2D eigenvalue weighted by Crippen LogP contribution is -2.17. The molecule has 0 amide bonds. The van der Waals surface area contributed by atoms with E-state index in [9.17, 15) is 8.42 Å². The van der Waals surface area contributed by atoms with Crippen molar-refractivity contribution < 1.29 is 8.42 Å². The Morgan fingerprint density at radius 3 is 2.39 bits per heavy atom. The Morgan fingerprint density at radius 2 is 1.74 bits per heavy atom. The van der Waals surface area contributed by atoms with Crippen LogP contribution in [0.2, 0.25) is 5.02 Å². The van der Waals surface area contributed by atoms with Crippen molar-refractivity contribution in [2.75, 3.05) is 5.73 Å². The van der Waals surface area contributed by atoms with Gasteiger partial charge in [-0.05, 0) is 31.2 Å². The molecule has 3 rings (SSSR count). The number of nitrogen functional groups attached to an aromatic ring is 1. The largest absolute Gasteiger partial charge is 0.367 e. The van der Waals surface area contributed by atoms with Crippen molar-refractivity contribution in [1.82, 2.24) is 14.2 Å². The van der Waals surface area contributed by atoms with Gasteiger partial charge in [-0.1, -0.05) is 41.4 Å². The molecule has 2 aromatic carbocycles. The van der Waals surface area contributed by atoms with E-state index in [0.29, 0.717) is 10.6 Å². The summed E-state index contributed by atoms with van der Waals surface area (Å²) in [5, 5.41) is 4.43. The predicted octanol–water partition coefficient (Wildman–Crippen LogP) is 2.73. The third-order valence-electron chi connectivity index (χ3n) is 3.26. The lowest BCUT2D eigenvalue weighted by molar-refractivity contribution is 0.581. The Balaban J connectivity index is 2.11. The fraction of sp³-hybridized carbons (Fsp3) is 0.0667. The molecule has 1 aromatic heterocycles. The second-order valence-corrected chi connectivity index (χ2v) is 7.11. The average molecular weight is 349 g/mol. The second-order valence-electron chi connectivity index (χ2n) is 4.93. The van der Waals surface area contributed by atoms with Crippen LogP contribution in [0.5, 0.6) is 0 Å². The van der Waals surface area contributed by atoms with E-state index in [2.05, 4.69) is 10.1 Å². The summed E-state index contributed by atoms with van der Waals surface area (Å²) in [5.41, 5.74) is 7.21. The molecule has 2 N–H and O–H groups in total. The van der Waals surface area contributed by atoms with E-state index in [-0.39, 0.29) is 16.7 Å². The number of hydrogen-bond donors (Lipinski definition) is 1. The quantitative estimate of drug-likeness (QED) is 0.785. The molecule has 1 heterocycles. The molecule has 6 nitrogen and oxygen atoms in total. The van der Waals surface area contributed by atoms with Gasteiger partial charge in [0.15, 0.2) is 5.82 Å². The van der Waals surface area contributed by atoms with Crippen LogP contribution in [0.25, 0.3) is 11.4 Å². The van der Waals surface area contributed by atoms with Crippen LogP contribution in [-0.2, 0) is 10.0 Å². The van der Waals surface area contributed by atoms with Gasteiger partial charge in [-0.25, -0.2) is 0 Å². The molecule has 118 valence electrons. The van der Waals surface area contributed by atoms with Crippen molar-refractivity contribution in [3.63, 3.8) is 0 Å². The lowest BCUT2D eigenvalue weighted by Gasteiger charge is -2.05. The van der Waals surface area contributed by atoms with Crippen LogP contribution in [0.3, 0.4) is 0 Å². The maximum Gasteiger partial charge on any atom is 0.286 e.